The largest absolute Gasteiger partial charge is 0.355 e. The molecule has 11 nitrogen and oxygen atoms in total. The molecule has 1 aliphatic heterocycles. The number of pyridine rings is 1. The molecule has 1 aliphatic rings. The van der Waals surface area contributed by atoms with Crippen molar-refractivity contribution in [3.8, 4) is 11.4 Å². The average Bonchev–Trinajstić information content (AvgIpc) is 3.52. The summed E-state index contributed by atoms with van der Waals surface area (Å²) >= 11 is 0. The Morgan fingerprint density at radius 3 is 2.79 bits per heavy atom. The maximum atomic E-state index is 12.6. The van der Waals surface area contributed by atoms with Gasteiger partial charge in [0, 0.05) is 45.1 Å². The summed E-state index contributed by atoms with van der Waals surface area (Å²) in [5, 5.41) is 4.29. The highest BCUT2D eigenvalue weighted by molar-refractivity contribution is 5.86. The van der Waals surface area contributed by atoms with E-state index in [9.17, 15) is 4.79 Å². The molecular weight excluding hydrogens is 420 g/mol. The number of H-pyrrole nitrogens is 1. The van der Waals surface area contributed by atoms with E-state index < -0.39 is 0 Å². The highest BCUT2D eigenvalue weighted by atomic mass is 16.1. The van der Waals surface area contributed by atoms with Crippen LogP contribution in [0.2, 0.25) is 0 Å². The summed E-state index contributed by atoms with van der Waals surface area (Å²) in [4.78, 5) is 36.1. The lowest BCUT2D eigenvalue weighted by atomic mass is 10.0. The summed E-state index contributed by atoms with van der Waals surface area (Å²) in [6, 6.07) is 3.92. The van der Waals surface area contributed by atoms with Gasteiger partial charge in [0.15, 0.2) is 22.6 Å². The van der Waals surface area contributed by atoms with Gasteiger partial charge in [-0.15, -0.1) is 0 Å². The normalized spacial score (nSPS) is 15.2. The van der Waals surface area contributed by atoms with Crippen LogP contribution in [0.25, 0.3) is 33.7 Å². The van der Waals surface area contributed by atoms with Crippen LogP contribution in [0.1, 0.15) is 25.8 Å². The maximum Gasteiger partial charge on any atom is 0.327 e. The third-order valence-electron chi connectivity index (χ3n) is 6.41. The van der Waals surface area contributed by atoms with E-state index in [1.807, 2.05) is 36.1 Å². The van der Waals surface area contributed by atoms with Crippen LogP contribution in [0, 0.1) is 0 Å². The predicted octanol–water partition coefficient (Wildman–Crippen LogP) is 2.13. The Kier molecular flexibility index (Phi) is 4.49. The molecule has 0 unspecified atom stereocenters. The molecule has 0 atom stereocenters. The van der Waals surface area contributed by atoms with E-state index in [1.165, 1.54) is 0 Å². The molecule has 0 saturated carbocycles. The minimum Gasteiger partial charge on any atom is -0.355 e. The molecule has 33 heavy (non-hydrogen) atoms. The van der Waals surface area contributed by atoms with Crippen LogP contribution >= 0.6 is 0 Å². The molecule has 1 saturated heterocycles. The van der Waals surface area contributed by atoms with E-state index >= 15 is 0 Å². The minimum absolute atomic E-state index is 0.102. The smallest absolute Gasteiger partial charge is 0.327 e. The van der Waals surface area contributed by atoms with Gasteiger partial charge in [-0.1, -0.05) is 0 Å². The SMILES string of the molecule is CCn1c(-c2cnn(C)c2)nc2c(N3CCC(n4c(=O)[nH]c5ncccc54)CC3)ncnc21. The van der Waals surface area contributed by atoms with Gasteiger partial charge in [0.1, 0.15) is 12.2 Å². The van der Waals surface area contributed by atoms with Crippen molar-refractivity contribution in [1.29, 1.82) is 0 Å². The molecule has 0 amide bonds. The summed E-state index contributed by atoms with van der Waals surface area (Å²) in [6.07, 6.45) is 8.75. The Bertz CT molecular complexity index is 1520. The number of aromatic amines is 1. The van der Waals surface area contributed by atoms with Crippen LogP contribution in [-0.2, 0) is 13.6 Å². The number of rotatable bonds is 4. The van der Waals surface area contributed by atoms with Crippen molar-refractivity contribution in [2.24, 2.45) is 7.05 Å². The fourth-order valence-corrected chi connectivity index (χ4v) is 4.87. The minimum atomic E-state index is -0.102. The number of imidazole rings is 2. The average molecular weight is 445 g/mol. The molecule has 0 aromatic carbocycles. The molecule has 5 aromatic rings. The van der Waals surface area contributed by atoms with Gasteiger partial charge in [-0.05, 0) is 31.9 Å². The molecular formula is C22H24N10O. The monoisotopic (exact) mass is 444 g/mol. The molecule has 6 rings (SSSR count). The van der Waals surface area contributed by atoms with Gasteiger partial charge in [-0.2, -0.15) is 5.10 Å². The van der Waals surface area contributed by atoms with Gasteiger partial charge in [-0.25, -0.2) is 24.7 Å². The number of nitrogens with one attached hydrogen (secondary N) is 1. The number of aromatic nitrogens is 9. The van der Waals surface area contributed by atoms with Crippen molar-refractivity contribution < 1.29 is 0 Å². The second-order valence-electron chi connectivity index (χ2n) is 8.34. The molecule has 0 bridgehead atoms. The first-order valence-corrected chi connectivity index (χ1v) is 11.1. The molecule has 1 N–H and O–H groups in total. The zero-order chi connectivity index (χ0) is 22.5. The number of nitrogens with zero attached hydrogens (tertiary/aromatic N) is 9. The molecule has 0 radical (unpaired) electrons. The second kappa shape index (κ2) is 7.54. The molecule has 5 aromatic heterocycles. The third kappa shape index (κ3) is 3.11. The zero-order valence-corrected chi connectivity index (χ0v) is 18.5. The van der Waals surface area contributed by atoms with Crippen molar-refractivity contribution in [2.45, 2.75) is 32.4 Å². The number of hydrogen-bond acceptors (Lipinski definition) is 7. The van der Waals surface area contributed by atoms with E-state index in [0.717, 1.165) is 66.4 Å². The highest BCUT2D eigenvalue weighted by Gasteiger charge is 2.27. The van der Waals surface area contributed by atoms with Gasteiger partial charge in [0.25, 0.3) is 0 Å². The van der Waals surface area contributed by atoms with Crippen molar-refractivity contribution in [3.05, 3.63) is 47.5 Å². The fraction of sp³-hybridized carbons (Fsp3) is 0.364. The topological polar surface area (TPSA) is 115 Å². The van der Waals surface area contributed by atoms with Crippen LogP contribution in [-0.4, -0.2) is 56.9 Å². The van der Waals surface area contributed by atoms with Crippen molar-refractivity contribution >= 4 is 28.1 Å². The highest BCUT2D eigenvalue weighted by Crippen LogP contribution is 2.32. The first kappa shape index (κ1) is 19.6. The first-order valence-electron chi connectivity index (χ1n) is 11.1. The first-order chi connectivity index (χ1) is 16.1. The molecule has 11 heteroatoms. The summed E-state index contributed by atoms with van der Waals surface area (Å²) < 4.78 is 5.72. The van der Waals surface area contributed by atoms with Crippen LogP contribution in [0.15, 0.2) is 41.8 Å². The lowest BCUT2D eigenvalue weighted by molar-refractivity contribution is 0.395. The van der Waals surface area contributed by atoms with Gasteiger partial charge in [0.2, 0.25) is 0 Å². The Labute approximate surface area is 188 Å². The molecule has 0 aliphatic carbocycles. The number of piperidine rings is 1. The van der Waals surface area contributed by atoms with Gasteiger partial charge < -0.3 is 9.47 Å². The van der Waals surface area contributed by atoms with Crippen LogP contribution in [0.4, 0.5) is 5.82 Å². The summed E-state index contributed by atoms with van der Waals surface area (Å²) in [7, 11) is 1.90. The standard InChI is InChI=1S/C22H24N10O/c1-3-31-19(14-11-26-29(2)12-14)27-17-20(24-13-25-21(17)31)30-9-6-15(7-10-30)32-16-5-4-8-23-18(16)28-22(32)33/h4-5,8,11-13,15H,3,6-7,9-10H2,1-2H3,(H,23,28,33). The van der Waals surface area contributed by atoms with E-state index in [2.05, 4.69) is 41.4 Å². The molecule has 0 spiro atoms. The summed E-state index contributed by atoms with van der Waals surface area (Å²) in [6.45, 7) is 4.38. The predicted molar refractivity (Wildman–Crippen MR) is 124 cm³/mol. The van der Waals surface area contributed by atoms with Crippen LogP contribution in [0.5, 0.6) is 0 Å². The summed E-state index contributed by atoms with van der Waals surface area (Å²) in [5.74, 6) is 1.68. The van der Waals surface area contributed by atoms with Crippen molar-refractivity contribution in [1.82, 2.24) is 43.8 Å². The van der Waals surface area contributed by atoms with E-state index in [0.29, 0.717) is 5.65 Å². The van der Waals surface area contributed by atoms with Crippen molar-refractivity contribution in [3.63, 3.8) is 0 Å². The third-order valence-corrected chi connectivity index (χ3v) is 6.41. The quantitative estimate of drug-likeness (QED) is 0.451. The Hall–Kier alpha value is -4.02. The maximum absolute atomic E-state index is 12.6. The van der Waals surface area contributed by atoms with Gasteiger partial charge in [-0.3, -0.25) is 14.2 Å². The number of fused-ring (bicyclic) bond motifs is 2. The van der Waals surface area contributed by atoms with Crippen LogP contribution in [0.3, 0.4) is 0 Å². The van der Waals surface area contributed by atoms with E-state index in [-0.39, 0.29) is 11.7 Å². The lowest BCUT2D eigenvalue weighted by Crippen LogP contribution is -2.37. The van der Waals surface area contributed by atoms with E-state index in [4.69, 9.17) is 4.98 Å². The Morgan fingerprint density at radius 2 is 2.03 bits per heavy atom. The second-order valence-corrected chi connectivity index (χ2v) is 8.34. The number of anilines is 1. The van der Waals surface area contributed by atoms with E-state index in [1.54, 1.807) is 17.2 Å². The fourth-order valence-electron chi connectivity index (χ4n) is 4.87. The summed E-state index contributed by atoms with van der Waals surface area (Å²) in [5.41, 5.74) is 3.96. The Morgan fingerprint density at radius 1 is 1.18 bits per heavy atom. The molecule has 6 heterocycles. The van der Waals surface area contributed by atoms with Gasteiger partial charge in [0.05, 0.1) is 17.3 Å². The van der Waals surface area contributed by atoms with Gasteiger partial charge >= 0.3 is 5.69 Å². The zero-order valence-electron chi connectivity index (χ0n) is 18.5. The Balaban J connectivity index is 1.33. The number of hydrogen-bond donors (Lipinski definition) is 1. The molecule has 1 fully saturated rings. The van der Waals surface area contributed by atoms with Crippen LogP contribution < -0.4 is 10.6 Å². The van der Waals surface area contributed by atoms with Crippen molar-refractivity contribution in [2.75, 3.05) is 18.0 Å². The lowest BCUT2D eigenvalue weighted by Gasteiger charge is -2.33. The molecule has 168 valence electrons. The number of aryl methyl sites for hydroxylation is 2.